The Labute approximate surface area is 179 Å². The number of hydrogen-bond acceptors (Lipinski definition) is 5. The van der Waals surface area contributed by atoms with Crippen LogP contribution in [0.1, 0.15) is 16.7 Å². The minimum Gasteiger partial charge on any atom is -0.315 e. The van der Waals surface area contributed by atoms with Gasteiger partial charge >= 0.3 is 0 Å². The van der Waals surface area contributed by atoms with E-state index in [2.05, 4.69) is 23.1 Å². The van der Waals surface area contributed by atoms with Crippen molar-refractivity contribution in [1.82, 2.24) is 0 Å². The van der Waals surface area contributed by atoms with Crippen molar-refractivity contribution in [2.45, 2.75) is 31.7 Å². The Hall–Kier alpha value is -1.21. The van der Waals surface area contributed by atoms with Crippen molar-refractivity contribution in [3.63, 3.8) is 0 Å². The van der Waals surface area contributed by atoms with E-state index in [9.17, 15) is 8.42 Å². The molecule has 0 spiro atoms. The fourth-order valence-corrected chi connectivity index (χ4v) is 7.19. The molecule has 2 aromatic carbocycles. The molecule has 8 heteroatoms. The fraction of sp³-hybridized carbons (Fsp3) is 0.350. The maximum Gasteiger partial charge on any atom is 0.164 e. The van der Waals surface area contributed by atoms with E-state index in [0.717, 1.165) is 27.5 Å². The minimum absolute atomic E-state index is 0.116. The van der Waals surface area contributed by atoms with Gasteiger partial charge in [0.15, 0.2) is 15.0 Å². The van der Waals surface area contributed by atoms with Crippen molar-refractivity contribution in [3.8, 4) is 0 Å². The highest BCUT2D eigenvalue weighted by Gasteiger charge is 2.47. The van der Waals surface area contributed by atoms with Crippen molar-refractivity contribution in [1.29, 1.82) is 0 Å². The largest absolute Gasteiger partial charge is 0.315 e. The van der Waals surface area contributed by atoms with Crippen LogP contribution in [0.5, 0.6) is 0 Å². The van der Waals surface area contributed by atoms with Gasteiger partial charge in [0.1, 0.15) is 0 Å². The first-order valence-electron chi connectivity index (χ1n) is 8.95. The van der Waals surface area contributed by atoms with E-state index in [1.54, 1.807) is 17.8 Å². The number of benzene rings is 2. The maximum atomic E-state index is 12.2. The number of thioether (sulfide) groups is 1. The molecule has 2 atom stereocenters. The third kappa shape index (κ3) is 3.92. The average Bonchev–Trinajstić information content (AvgIpc) is 3.07. The lowest BCUT2D eigenvalue weighted by Crippen LogP contribution is -2.39. The van der Waals surface area contributed by atoms with Gasteiger partial charge in [0.05, 0.1) is 23.6 Å². The number of hydrogen-bond donors (Lipinski definition) is 0. The normalized spacial score (nSPS) is 23.0. The van der Waals surface area contributed by atoms with E-state index >= 15 is 0 Å². The standard InChI is InChI=1S/C20H20Cl2N2O2S2/c1-12-3-4-13(2)18(7-12)24-19-11-28(25,26)10-17(19)23-20(24)27-9-14-5-6-15(21)8-16(14)22/h3-8,17,19H,9-11H2,1-2H3/t17-,19+/m1/s1. The third-order valence-electron chi connectivity index (χ3n) is 5.10. The summed E-state index contributed by atoms with van der Waals surface area (Å²) in [6, 6.07) is 11.4. The van der Waals surface area contributed by atoms with Crippen molar-refractivity contribution >= 4 is 55.7 Å². The Morgan fingerprint density at radius 3 is 2.68 bits per heavy atom. The summed E-state index contributed by atoms with van der Waals surface area (Å²) in [4.78, 5) is 6.91. The number of aliphatic imine (C=N–C) groups is 1. The fourth-order valence-electron chi connectivity index (χ4n) is 3.67. The summed E-state index contributed by atoms with van der Waals surface area (Å²) in [7, 11) is -3.07. The van der Waals surface area contributed by atoms with Crippen LogP contribution < -0.4 is 4.90 Å². The average molecular weight is 455 g/mol. The number of aryl methyl sites for hydroxylation is 2. The first kappa shape index (κ1) is 20.1. The van der Waals surface area contributed by atoms with Crippen molar-refractivity contribution < 1.29 is 8.42 Å². The van der Waals surface area contributed by atoms with Crippen LogP contribution in [0.15, 0.2) is 41.4 Å². The predicted octanol–water partition coefficient (Wildman–Crippen LogP) is 4.89. The van der Waals surface area contributed by atoms with Gasteiger partial charge in [-0.1, -0.05) is 53.2 Å². The van der Waals surface area contributed by atoms with Crippen LogP contribution in [-0.4, -0.2) is 37.2 Å². The molecule has 2 aliphatic rings. The molecule has 0 N–H and O–H groups in total. The molecule has 2 heterocycles. The Morgan fingerprint density at radius 2 is 1.93 bits per heavy atom. The summed E-state index contributed by atoms with van der Waals surface area (Å²) in [6.45, 7) is 4.09. The van der Waals surface area contributed by atoms with Crippen LogP contribution in [0.3, 0.4) is 0 Å². The van der Waals surface area contributed by atoms with Gasteiger partial charge in [0.2, 0.25) is 0 Å². The van der Waals surface area contributed by atoms with E-state index in [0.29, 0.717) is 15.8 Å². The topological polar surface area (TPSA) is 49.7 Å². The summed E-state index contributed by atoms with van der Waals surface area (Å²) in [5.41, 5.74) is 4.24. The van der Waals surface area contributed by atoms with Gasteiger partial charge in [0.25, 0.3) is 0 Å². The molecule has 1 fully saturated rings. The molecule has 0 amide bonds. The molecule has 0 aromatic heterocycles. The molecule has 0 radical (unpaired) electrons. The Morgan fingerprint density at radius 1 is 1.14 bits per heavy atom. The molecule has 0 aliphatic carbocycles. The highest BCUT2D eigenvalue weighted by atomic mass is 35.5. The monoisotopic (exact) mass is 454 g/mol. The first-order valence-corrected chi connectivity index (χ1v) is 12.5. The summed E-state index contributed by atoms with van der Waals surface area (Å²) < 4.78 is 24.4. The summed E-state index contributed by atoms with van der Waals surface area (Å²) >= 11 is 13.9. The quantitative estimate of drug-likeness (QED) is 0.662. The second kappa shape index (κ2) is 7.56. The highest BCUT2D eigenvalue weighted by Crippen LogP contribution is 2.38. The number of sulfone groups is 1. The number of amidine groups is 1. The molecule has 0 unspecified atom stereocenters. The molecule has 28 heavy (non-hydrogen) atoms. The molecule has 2 aromatic rings. The molecule has 4 rings (SSSR count). The number of halogens is 2. The minimum atomic E-state index is -3.07. The third-order valence-corrected chi connectivity index (χ3v) is 8.40. The lowest BCUT2D eigenvalue weighted by atomic mass is 10.1. The molecule has 148 valence electrons. The van der Waals surface area contributed by atoms with Crippen LogP contribution in [0.2, 0.25) is 10.0 Å². The van der Waals surface area contributed by atoms with Crippen LogP contribution >= 0.6 is 35.0 Å². The van der Waals surface area contributed by atoms with E-state index in [4.69, 9.17) is 28.2 Å². The van der Waals surface area contributed by atoms with Gasteiger partial charge in [-0.15, -0.1) is 0 Å². The van der Waals surface area contributed by atoms with Crippen LogP contribution in [0, 0.1) is 13.8 Å². The van der Waals surface area contributed by atoms with Crippen molar-refractivity contribution in [3.05, 3.63) is 63.1 Å². The summed E-state index contributed by atoms with van der Waals surface area (Å²) in [6.07, 6.45) is 0. The lowest BCUT2D eigenvalue weighted by Gasteiger charge is -2.28. The lowest BCUT2D eigenvalue weighted by molar-refractivity contribution is 0.601. The van der Waals surface area contributed by atoms with Gasteiger partial charge in [-0.25, -0.2) is 8.42 Å². The summed E-state index contributed by atoms with van der Waals surface area (Å²) in [5.74, 6) is 0.896. The van der Waals surface area contributed by atoms with E-state index in [1.807, 2.05) is 26.0 Å². The van der Waals surface area contributed by atoms with E-state index in [-0.39, 0.29) is 23.6 Å². The molecule has 1 saturated heterocycles. The van der Waals surface area contributed by atoms with Gasteiger partial charge < -0.3 is 4.90 Å². The Balaban J connectivity index is 1.66. The van der Waals surface area contributed by atoms with Gasteiger partial charge in [-0.3, -0.25) is 4.99 Å². The Bertz CT molecular complexity index is 1070. The molecular formula is C20H20Cl2N2O2S2. The van der Waals surface area contributed by atoms with Crippen LogP contribution in [0.25, 0.3) is 0 Å². The van der Waals surface area contributed by atoms with E-state index < -0.39 is 9.84 Å². The molecule has 4 nitrogen and oxygen atoms in total. The number of rotatable bonds is 3. The molecule has 0 saturated carbocycles. The first-order chi connectivity index (χ1) is 13.2. The van der Waals surface area contributed by atoms with Crippen LogP contribution in [0.4, 0.5) is 5.69 Å². The van der Waals surface area contributed by atoms with Crippen molar-refractivity contribution in [2.75, 3.05) is 16.4 Å². The van der Waals surface area contributed by atoms with E-state index in [1.165, 1.54) is 0 Å². The van der Waals surface area contributed by atoms with Gasteiger partial charge in [-0.2, -0.15) is 0 Å². The Kier molecular flexibility index (Phi) is 5.42. The zero-order valence-electron chi connectivity index (χ0n) is 15.5. The molecule has 2 aliphatic heterocycles. The van der Waals surface area contributed by atoms with Crippen LogP contribution in [-0.2, 0) is 15.6 Å². The zero-order chi connectivity index (χ0) is 20.1. The second-order valence-corrected chi connectivity index (χ2v) is 11.2. The summed E-state index contributed by atoms with van der Waals surface area (Å²) in [5, 5.41) is 2.08. The molecular weight excluding hydrogens is 435 g/mol. The van der Waals surface area contributed by atoms with Crippen molar-refractivity contribution in [2.24, 2.45) is 4.99 Å². The number of nitrogens with zero attached hydrogens (tertiary/aromatic N) is 2. The smallest absolute Gasteiger partial charge is 0.164 e. The highest BCUT2D eigenvalue weighted by molar-refractivity contribution is 8.13. The maximum absolute atomic E-state index is 12.2. The number of fused-ring (bicyclic) bond motifs is 1. The SMILES string of the molecule is Cc1ccc(C)c(N2C(SCc3ccc(Cl)cc3Cl)=N[C@@H]3CS(=O)(=O)C[C@@H]32)c1. The second-order valence-electron chi connectivity index (χ2n) is 7.31. The molecule has 0 bridgehead atoms. The predicted molar refractivity (Wildman–Crippen MR) is 120 cm³/mol. The van der Waals surface area contributed by atoms with Gasteiger partial charge in [-0.05, 0) is 48.7 Å². The van der Waals surface area contributed by atoms with Gasteiger partial charge in [0, 0.05) is 21.5 Å². The number of anilines is 1. The zero-order valence-corrected chi connectivity index (χ0v) is 18.7.